The molecule has 0 radical (unpaired) electrons. The van der Waals surface area contributed by atoms with Crippen LogP contribution in [0, 0.1) is 0 Å². The van der Waals surface area contributed by atoms with Crippen LogP contribution in [0.5, 0.6) is 0 Å². The highest BCUT2D eigenvalue weighted by Crippen LogP contribution is 2.20. The molecule has 1 heterocycles. The van der Waals surface area contributed by atoms with Crippen LogP contribution in [0.4, 0.5) is 5.69 Å². The largest absolute Gasteiger partial charge is 0.360 e. The number of benzene rings is 1. The van der Waals surface area contributed by atoms with Gasteiger partial charge in [-0.25, -0.2) is 0 Å². The summed E-state index contributed by atoms with van der Waals surface area (Å²) in [4.78, 5) is 11.7. The van der Waals surface area contributed by atoms with Crippen LogP contribution in [0.15, 0.2) is 45.5 Å². The maximum absolute atomic E-state index is 11.7. The van der Waals surface area contributed by atoms with Gasteiger partial charge in [0.25, 0.3) is 0 Å². The van der Waals surface area contributed by atoms with E-state index >= 15 is 0 Å². The second-order valence-corrected chi connectivity index (χ2v) is 4.46. The van der Waals surface area contributed by atoms with E-state index in [0.717, 1.165) is 10.2 Å². The van der Waals surface area contributed by atoms with E-state index in [0.29, 0.717) is 12.3 Å². The SMILES string of the molecule is O=C(CNCc1ccno1)Nc1ccccc1Br. The van der Waals surface area contributed by atoms with Crippen LogP contribution in [-0.4, -0.2) is 17.6 Å². The molecule has 0 aliphatic carbocycles. The number of anilines is 1. The summed E-state index contributed by atoms with van der Waals surface area (Å²) < 4.78 is 5.76. The standard InChI is InChI=1S/C12H12BrN3O2/c13-10-3-1-2-4-11(10)16-12(17)8-14-7-9-5-6-15-18-9/h1-6,14H,7-8H2,(H,16,17). The second-order valence-electron chi connectivity index (χ2n) is 3.61. The first-order valence-electron chi connectivity index (χ1n) is 5.40. The molecule has 1 aromatic carbocycles. The van der Waals surface area contributed by atoms with Gasteiger partial charge in [-0.2, -0.15) is 0 Å². The molecule has 0 fully saturated rings. The molecule has 0 atom stereocenters. The van der Waals surface area contributed by atoms with Crippen molar-refractivity contribution in [3.05, 3.63) is 46.8 Å². The van der Waals surface area contributed by atoms with Crippen LogP contribution in [0.2, 0.25) is 0 Å². The number of halogens is 1. The fourth-order valence-corrected chi connectivity index (χ4v) is 1.77. The minimum absolute atomic E-state index is 0.110. The molecule has 0 bridgehead atoms. The van der Waals surface area contributed by atoms with Crippen molar-refractivity contribution in [3.8, 4) is 0 Å². The molecule has 2 rings (SSSR count). The molecular weight excluding hydrogens is 298 g/mol. The lowest BCUT2D eigenvalue weighted by atomic mass is 10.3. The van der Waals surface area contributed by atoms with Gasteiger partial charge in [-0.15, -0.1) is 0 Å². The zero-order chi connectivity index (χ0) is 12.8. The molecule has 0 saturated carbocycles. The molecule has 18 heavy (non-hydrogen) atoms. The van der Waals surface area contributed by atoms with Crippen molar-refractivity contribution in [1.82, 2.24) is 10.5 Å². The van der Waals surface area contributed by atoms with E-state index in [2.05, 4.69) is 31.7 Å². The van der Waals surface area contributed by atoms with E-state index in [1.807, 2.05) is 24.3 Å². The highest BCUT2D eigenvalue weighted by molar-refractivity contribution is 9.10. The first-order chi connectivity index (χ1) is 8.75. The first kappa shape index (κ1) is 12.8. The predicted molar refractivity (Wildman–Crippen MR) is 71.0 cm³/mol. The molecule has 94 valence electrons. The molecule has 1 amide bonds. The predicted octanol–water partition coefficient (Wildman–Crippen LogP) is 2.17. The number of para-hydroxylation sites is 1. The van der Waals surface area contributed by atoms with Gasteiger partial charge in [-0.05, 0) is 28.1 Å². The lowest BCUT2D eigenvalue weighted by Gasteiger charge is -2.07. The number of amides is 1. The van der Waals surface area contributed by atoms with Crippen LogP contribution in [0.1, 0.15) is 5.76 Å². The third-order valence-corrected chi connectivity index (χ3v) is 2.92. The summed E-state index contributed by atoms with van der Waals surface area (Å²) in [6.07, 6.45) is 1.57. The maximum Gasteiger partial charge on any atom is 0.238 e. The molecule has 1 aromatic heterocycles. The Balaban J connectivity index is 1.77. The van der Waals surface area contributed by atoms with E-state index in [4.69, 9.17) is 4.52 Å². The number of carbonyl (C=O) groups is 1. The Kier molecular flexibility index (Phi) is 4.49. The minimum atomic E-state index is -0.110. The Hall–Kier alpha value is -1.66. The summed E-state index contributed by atoms with van der Waals surface area (Å²) in [6.45, 7) is 0.686. The zero-order valence-corrected chi connectivity index (χ0v) is 11.1. The topological polar surface area (TPSA) is 67.2 Å². The van der Waals surface area contributed by atoms with Gasteiger partial charge in [-0.1, -0.05) is 17.3 Å². The van der Waals surface area contributed by atoms with E-state index < -0.39 is 0 Å². The lowest BCUT2D eigenvalue weighted by molar-refractivity contribution is -0.115. The number of aromatic nitrogens is 1. The second kappa shape index (κ2) is 6.32. The molecule has 0 saturated heterocycles. The monoisotopic (exact) mass is 309 g/mol. The van der Waals surface area contributed by atoms with Crippen LogP contribution >= 0.6 is 15.9 Å². The van der Waals surface area contributed by atoms with Crippen LogP contribution < -0.4 is 10.6 Å². The smallest absolute Gasteiger partial charge is 0.238 e. The average Bonchev–Trinajstić information content (AvgIpc) is 2.85. The molecule has 0 unspecified atom stereocenters. The molecule has 5 nitrogen and oxygen atoms in total. The van der Waals surface area contributed by atoms with Crippen molar-refractivity contribution < 1.29 is 9.32 Å². The lowest BCUT2D eigenvalue weighted by Crippen LogP contribution is -2.27. The fourth-order valence-electron chi connectivity index (χ4n) is 1.39. The van der Waals surface area contributed by atoms with E-state index in [1.54, 1.807) is 12.3 Å². The third kappa shape index (κ3) is 3.68. The Bertz CT molecular complexity index is 514. The third-order valence-electron chi connectivity index (χ3n) is 2.22. The van der Waals surface area contributed by atoms with E-state index in [1.165, 1.54) is 0 Å². The van der Waals surface area contributed by atoms with Gasteiger partial charge in [0.05, 0.1) is 25.0 Å². The van der Waals surface area contributed by atoms with Gasteiger partial charge in [0.2, 0.25) is 5.91 Å². The molecular formula is C12H12BrN3O2. The number of hydrogen-bond donors (Lipinski definition) is 2. The summed E-state index contributed by atoms with van der Waals surface area (Å²) in [6, 6.07) is 9.21. The number of nitrogens with one attached hydrogen (secondary N) is 2. The quantitative estimate of drug-likeness (QED) is 0.888. The highest BCUT2D eigenvalue weighted by atomic mass is 79.9. The minimum Gasteiger partial charge on any atom is -0.360 e. The van der Waals surface area contributed by atoms with E-state index in [9.17, 15) is 4.79 Å². The van der Waals surface area contributed by atoms with Gasteiger partial charge in [0.15, 0.2) is 0 Å². The van der Waals surface area contributed by atoms with Gasteiger partial charge in [0.1, 0.15) is 5.76 Å². The van der Waals surface area contributed by atoms with Crippen molar-refractivity contribution in [3.63, 3.8) is 0 Å². The molecule has 2 N–H and O–H groups in total. The number of hydrogen-bond acceptors (Lipinski definition) is 4. The fraction of sp³-hybridized carbons (Fsp3) is 0.167. The summed E-state index contributed by atoms with van der Waals surface area (Å²) in [5.74, 6) is 0.588. The highest BCUT2D eigenvalue weighted by Gasteiger charge is 2.05. The Morgan fingerprint density at radius 2 is 2.17 bits per heavy atom. The van der Waals surface area contributed by atoms with E-state index in [-0.39, 0.29) is 12.5 Å². The zero-order valence-electron chi connectivity index (χ0n) is 9.52. The van der Waals surface area contributed by atoms with Gasteiger partial charge in [0, 0.05) is 10.5 Å². The molecule has 0 aliphatic rings. The van der Waals surface area contributed by atoms with Crippen molar-refractivity contribution in [2.75, 3.05) is 11.9 Å². The molecule has 0 spiro atoms. The van der Waals surface area contributed by atoms with Crippen molar-refractivity contribution in [2.45, 2.75) is 6.54 Å². The first-order valence-corrected chi connectivity index (χ1v) is 6.19. The molecule has 0 aliphatic heterocycles. The Morgan fingerprint density at radius 3 is 2.89 bits per heavy atom. The number of nitrogens with zero attached hydrogens (tertiary/aromatic N) is 1. The number of carbonyl (C=O) groups excluding carboxylic acids is 1. The summed E-state index contributed by atoms with van der Waals surface area (Å²) in [5.41, 5.74) is 0.754. The van der Waals surface area contributed by atoms with Crippen LogP contribution in [0.3, 0.4) is 0 Å². The van der Waals surface area contributed by atoms with Crippen molar-refractivity contribution in [1.29, 1.82) is 0 Å². The summed E-state index contributed by atoms with van der Waals surface area (Å²) >= 11 is 3.37. The van der Waals surface area contributed by atoms with Crippen molar-refractivity contribution >= 4 is 27.5 Å². The maximum atomic E-state index is 11.7. The van der Waals surface area contributed by atoms with Gasteiger partial charge in [-0.3, -0.25) is 4.79 Å². The van der Waals surface area contributed by atoms with Gasteiger partial charge >= 0.3 is 0 Å². The van der Waals surface area contributed by atoms with Crippen molar-refractivity contribution in [2.24, 2.45) is 0 Å². The van der Waals surface area contributed by atoms with Crippen LogP contribution in [-0.2, 0) is 11.3 Å². The van der Waals surface area contributed by atoms with Crippen LogP contribution in [0.25, 0.3) is 0 Å². The molecule has 2 aromatic rings. The summed E-state index contributed by atoms with van der Waals surface area (Å²) in [5, 5.41) is 9.34. The summed E-state index contributed by atoms with van der Waals surface area (Å²) in [7, 11) is 0. The van der Waals surface area contributed by atoms with Gasteiger partial charge < -0.3 is 15.2 Å². The molecule has 6 heteroatoms. The Morgan fingerprint density at radius 1 is 1.33 bits per heavy atom. The average molecular weight is 310 g/mol. The normalized spacial score (nSPS) is 10.3. The Labute approximate surface area is 113 Å². The number of rotatable bonds is 5.